The van der Waals surface area contributed by atoms with Gasteiger partial charge in [-0.25, -0.2) is 9.18 Å². The van der Waals surface area contributed by atoms with Crippen LogP contribution in [0, 0.1) is 21.7 Å². The predicted octanol–water partition coefficient (Wildman–Crippen LogP) is 3.43. The van der Waals surface area contributed by atoms with Crippen LogP contribution in [-0.4, -0.2) is 16.0 Å². The zero-order chi connectivity index (χ0) is 14.9. The molecule has 0 fully saturated rings. The first kappa shape index (κ1) is 13.9. The minimum atomic E-state index is -1.25. The maximum absolute atomic E-state index is 13.5. The lowest BCUT2D eigenvalue weighted by molar-refractivity contribution is -0.387. The summed E-state index contributed by atoms with van der Waals surface area (Å²) in [4.78, 5) is 20.0. The topological polar surface area (TPSA) is 89.7 Å². The molecule has 0 unspecified atom stereocenters. The van der Waals surface area contributed by atoms with Crippen LogP contribution in [0.25, 0.3) is 0 Å². The maximum Gasteiger partial charge on any atom is 0.346 e. The van der Waals surface area contributed by atoms with Gasteiger partial charge in [0.25, 0.3) is 0 Å². The molecule has 0 aliphatic rings. The van der Waals surface area contributed by atoms with Crippen LogP contribution in [0.2, 0.25) is 0 Å². The monoisotopic (exact) mass is 301 g/mol. The minimum absolute atomic E-state index is 0.000414. The number of carbonyl (C=O) groups is 1. The van der Waals surface area contributed by atoms with Gasteiger partial charge in [0, 0.05) is 17.5 Å². The molecule has 1 aromatic heterocycles. The van der Waals surface area contributed by atoms with E-state index in [9.17, 15) is 23.7 Å². The molecule has 1 N–H and O–H groups in total. The fraction of sp³-hybridized carbons (Fsp3) is 0. The summed E-state index contributed by atoms with van der Waals surface area (Å²) in [5.74, 6) is -4.12. The number of hydrogen-bond donors (Lipinski definition) is 1. The van der Waals surface area contributed by atoms with Gasteiger partial charge in [0.05, 0.1) is 11.0 Å². The molecule has 1 heterocycles. The lowest BCUT2D eigenvalue weighted by Gasteiger charge is -2.04. The molecule has 0 aliphatic carbocycles. The normalized spacial score (nSPS) is 10.3. The summed E-state index contributed by atoms with van der Waals surface area (Å²) in [6.45, 7) is 0. The number of halogens is 2. The number of carboxylic acid groups (broad SMARTS) is 1. The van der Waals surface area contributed by atoms with Gasteiger partial charge in [-0.2, -0.15) is 4.39 Å². The number of ether oxygens (including phenoxy) is 1. The van der Waals surface area contributed by atoms with Gasteiger partial charge in [-0.1, -0.05) is 0 Å². The van der Waals surface area contributed by atoms with Crippen molar-refractivity contribution in [2.75, 3.05) is 0 Å². The van der Waals surface area contributed by atoms with E-state index in [1.165, 1.54) is 5.38 Å². The first-order valence-electron chi connectivity index (χ1n) is 5.01. The minimum Gasteiger partial charge on any atom is -0.477 e. The summed E-state index contributed by atoms with van der Waals surface area (Å²) in [6.07, 6.45) is 0. The highest BCUT2D eigenvalue weighted by Crippen LogP contribution is 2.32. The summed E-state index contributed by atoms with van der Waals surface area (Å²) < 4.78 is 31.8. The number of carboxylic acids is 1. The summed E-state index contributed by atoms with van der Waals surface area (Å²) in [5.41, 5.74) is -1.01. The molecule has 1 aromatic carbocycles. The molecular weight excluding hydrogens is 296 g/mol. The third-order valence-corrected chi connectivity index (χ3v) is 3.11. The molecule has 9 heteroatoms. The molecule has 20 heavy (non-hydrogen) atoms. The number of rotatable bonds is 4. The van der Waals surface area contributed by atoms with Crippen LogP contribution >= 0.6 is 11.3 Å². The van der Waals surface area contributed by atoms with E-state index >= 15 is 0 Å². The molecule has 104 valence electrons. The number of aromatic carboxylic acids is 1. The number of nitrogens with zero attached hydrogens (tertiary/aromatic N) is 1. The lowest BCUT2D eigenvalue weighted by Crippen LogP contribution is -1.96. The van der Waals surface area contributed by atoms with Crippen LogP contribution in [0.15, 0.2) is 23.6 Å². The Kier molecular flexibility index (Phi) is 3.61. The van der Waals surface area contributed by atoms with Crippen molar-refractivity contribution in [2.45, 2.75) is 0 Å². The standard InChI is InChI=1S/C11H5F2NO5S/c12-6-3-9(7(13)2-8(6)14(17)18)19-5-1-10(11(15)16)20-4-5/h1-4H,(H,15,16). The maximum atomic E-state index is 13.5. The largest absolute Gasteiger partial charge is 0.477 e. The second-order valence-corrected chi connectivity index (χ2v) is 4.46. The number of nitro benzene ring substituents is 1. The number of thiophene rings is 1. The number of hydrogen-bond acceptors (Lipinski definition) is 5. The quantitative estimate of drug-likeness (QED) is 0.690. The SMILES string of the molecule is O=C(O)c1cc(Oc2cc(F)c([N+](=O)[O-])cc2F)cs1. The van der Waals surface area contributed by atoms with Gasteiger partial charge in [-0.15, -0.1) is 11.3 Å². The van der Waals surface area contributed by atoms with E-state index < -0.39 is 34.0 Å². The molecule has 0 saturated carbocycles. The molecule has 0 bridgehead atoms. The first-order chi connectivity index (χ1) is 9.38. The molecule has 6 nitrogen and oxygen atoms in total. The summed E-state index contributed by atoms with van der Waals surface area (Å²) in [6, 6.07) is 2.06. The lowest BCUT2D eigenvalue weighted by atomic mass is 10.3. The third-order valence-electron chi connectivity index (χ3n) is 2.21. The second-order valence-electron chi connectivity index (χ2n) is 3.55. The van der Waals surface area contributed by atoms with E-state index in [4.69, 9.17) is 9.84 Å². The Morgan fingerprint density at radius 3 is 2.55 bits per heavy atom. The van der Waals surface area contributed by atoms with Crippen molar-refractivity contribution < 1.29 is 28.3 Å². The first-order valence-corrected chi connectivity index (χ1v) is 5.89. The van der Waals surface area contributed by atoms with Gasteiger partial charge in [-0.05, 0) is 0 Å². The highest BCUT2D eigenvalue weighted by atomic mass is 32.1. The van der Waals surface area contributed by atoms with Crippen molar-refractivity contribution in [1.29, 1.82) is 0 Å². The number of benzene rings is 1. The van der Waals surface area contributed by atoms with Crippen LogP contribution in [0.3, 0.4) is 0 Å². The average Bonchev–Trinajstić information content (AvgIpc) is 2.81. The van der Waals surface area contributed by atoms with Gasteiger partial charge >= 0.3 is 11.7 Å². The Morgan fingerprint density at radius 2 is 2.00 bits per heavy atom. The highest BCUT2D eigenvalue weighted by Gasteiger charge is 2.20. The van der Waals surface area contributed by atoms with Crippen molar-refractivity contribution in [1.82, 2.24) is 0 Å². The van der Waals surface area contributed by atoms with E-state index in [2.05, 4.69) is 0 Å². The van der Waals surface area contributed by atoms with Gasteiger partial charge < -0.3 is 9.84 Å². The third kappa shape index (κ3) is 2.72. The van der Waals surface area contributed by atoms with Crippen LogP contribution in [0.4, 0.5) is 14.5 Å². The van der Waals surface area contributed by atoms with Crippen molar-refractivity contribution in [2.24, 2.45) is 0 Å². The predicted molar refractivity (Wildman–Crippen MR) is 64.4 cm³/mol. The van der Waals surface area contributed by atoms with E-state index in [-0.39, 0.29) is 10.6 Å². The van der Waals surface area contributed by atoms with Crippen molar-refractivity contribution in [3.63, 3.8) is 0 Å². The number of nitro groups is 1. The molecule has 0 saturated heterocycles. The van der Waals surface area contributed by atoms with Crippen LogP contribution in [0.5, 0.6) is 11.5 Å². The molecule has 2 rings (SSSR count). The van der Waals surface area contributed by atoms with Crippen LogP contribution in [-0.2, 0) is 0 Å². The molecule has 2 aromatic rings. The Labute approximate surface area is 114 Å². The van der Waals surface area contributed by atoms with E-state index in [0.29, 0.717) is 12.1 Å². The van der Waals surface area contributed by atoms with Gasteiger partial charge in [0.15, 0.2) is 11.6 Å². The zero-order valence-electron chi connectivity index (χ0n) is 9.50. The van der Waals surface area contributed by atoms with Crippen LogP contribution in [0.1, 0.15) is 9.67 Å². The molecular formula is C11H5F2NO5S. The Balaban J connectivity index is 2.31. The van der Waals surface area contributed by atoms with E-state index in [0.717, 1.165) is 17.4 Å². The average molecular weight is 301 g/mol. The van der Waals surface area contributed by atoms with Gasteiger partial charge in [0.1, 0.15) is 10.6 Å². The van der Waals surface area contributed by atoms with Gasteiger partial charge in [0.2, 0.25) is 5.82 Å². The summed E-state index contributed by atoms with van der Waals surface area (Å²) in [5, 5.41) is 20.4. The van der Waals surface area contributed by atoms with Gasteiger partial charge in [-0.3, -0.25) is 10.1 Å². The Morgan fingerprint density at radius 1 is 1.30 bits per heavy atom. The summed E-state index contributed by atoms with van der Waals surface area (Å²) >= 11 is 0.846. The summed E-state index contributed by atoms with van der Waals surface area (Å²) in [7, 11) is 0. The fourth-order valence-corrected chi connectivity index (χ4v) is 1.99. The molecule has 0 aliphatic heterocycles. The molecule has 0 amide bonds. The van der Waals surface area contributed by atoms with Crippen molar-refractivity contribution in [3.05, 3.63) is 50.2 Å². The highest BCUT2D eigenvalue weighted by molar-refractivity contribution is 7.12. The van der Waals surface area contributed by atoms with Crippen molar-refractivity contribution in [3.8, 4) is 11.5 Å². The Hall–Kier alpha value is -2.55. The molecule has 0 radical (unpaired) electrons. The molecule has 0 spiro atoms. The second kappa shape index (κ2) is 5.21. The molecule has 0 atom stereocenters. The fourth-order valence-electron chi connectivity index (χ4n) is 1.35. The smallest absolute Gasteiger partial charge is 0.346 e. The van der Waals surface area contributed by atoms with Crippen LogP contribution < -0.4 is 4.74 Å². The Bertz CT molecular complexity index is 700. The van der Waals surface area contributed by atoms with Crippen molar-refractivity contribution >= 4 is 23.0 Å². The zero-order valence-corrected chi connectivity index (χ0v) is 10.3. The van der Waals surface area contributed by atoms with E-state index in [1.54, 1.807) is 0 Å². The van der Waals surface area contributed by atoms with E-state index in [1.807, 2.05) is 0 Å².